The Morgan fingerprint density at radius 1 is 1.12 bits per heavy atom. The standard InChI is InChI=1S/C17H18N2O4S/c20-14(18-10-3-4-10)11-5-6-24-16(11)19-15(21)12-8-1-2-9(7-8)13(12)17(22)23/h1-2,5-6,8-10,12-13H,3-4,7H2,(H,18,20)(H,19,21)(H,22,23)/t8-,9-,12-,13+/m0/s1. The number of fused-ring (bicyclic) bond motifs is 2. The van der Waals surface area contributed by atoms with Gasteiger partial charge in [0.25, 0.3) is 5.91 Å². The van der Waals surface area contributed by atoms with E-state index in [1.54, 1.807) is 11.4 Å². The number of carbonyl (C=O) groups excluding carboxylic acids is 2. The van der Waals surface area contributed by atoms with Gasteiger partial charge < -0.3 is 15.7 Å². The van der Waals surface area contributed by atoms with Crippen LogP contribution in [0.15, 0.2) is 23.6 Å². The van der Waals surface area contributed by atoms with E-state index in [0.717, 1.165) is 12.8 Å². The van der Waals surface area contributed by atoms with E-state index in [9.17, 15) is 19.5 Å². The molecule has 0 radical (unpaired) electrons. The zero-order valence-electron chi connectivity index (χ0n) is 12.9. The van der Waals surface area contributed by atoms with Crippen molar-refractivity contribution in [3.05, 3.63) is 29.2 Å². The van der Waals surface area contributed by atoms with E-state index < -0.39 is 17.8 Å². The fourth-order valence-corrected chi connectivity index (χ4v) is 4.57. The Hall–Kier alpha value is -2.15. The van der Waals surface area contributed by atoms with Crippen LogP contribution in [-0.4, -0.2) is 28.9 Å². The maximum Gasteiger partial charge on any atom is 0.307 e. The van der Waals surface area contributed by atoms with Crippen molar-refractivity contribution in [3.8, 4) is 0 Å². The number of anilines is 1. The zero-order valence-corrected chi connectivity index (χ0v) is 13.7. The summed E-state index contributed by atoms with van der Waals surface area (Å²) in [5.41, 5.74) is 0.450. The van der Waals surface area contributed by atoms with Gasteiger partial charge in [-0.3, -0.25) is 14.4 Å². The van der Waals surface area contributed by atoms with E-state index in [1.807, 2.05) is 12.2 Å². The van der Waals surface area contributed by atoms with Crippen LogP contribution in [-0.2, 0) is 9.59 Å². The molecule has 0 saturated heterocycles. The average Bonchev–Trinajstić information content (AvgIpc) is 2.98. The number of carboxylic acid groups (broad SMARTS) is 1. The summed E-state index contributed by atoms with van der Waals surface area (Å²) >= 11 is 1.28. The molecular formula is C17H18N2O4S. The SMILES string of the molecule is O=C(NC1CC1)c1ccsc1NC(=O)[C@@H]1[C@H](C(=O)O)[C@H]2C=C[C@H]1C2. The molecule has 3 aliphatic rings. The first-order valence-electron chi connectivity index (χ1n) is 8.15. The molecular weight excluding hydrogens is 328 g/mol. The molecule has 0 unspecified atom stereocenters. The highest BCUT2D eigenvalue weighted by Gasteiger charge is 2.51. The smallest absolute Gasteiger partial charge is 0.307 e. The molecule has 4 atom stereocenters. The maximum atomic E-state index is 12.7. The first kappa shape index (κ1) is 15.4. The second-order valence-electron chi connectivity index (χ2n) is 6.74. The quantitative estimate of drug-likeness (QED) is 0.712. The van der Waals surface area contributed by atoms with E-state index in [1.165, 1.54) is 11.3 Å². The molecule has 4 rings (SSSR count). The van der Waals surface area contributed by atoms with Crippen LogP contribution in [0.1, 0.15) is 29.6 Å². The van der Waals surface area contributed by atoms with Gasteiger partial charge in [-0.15, -0.1) is 11.3 Å². The number of nitrogens with one attached hydrogen (secondary N) is 2. The van der Waals surface area contributed by atoms with Crippen molar-refractivity contribution in [2.75, 3.05) is 5.32 Å². The summed E-state index contributed by atoms with van der Waals surface area (Å²) in [5, 5.41) is 17.4. The van der Waals surface area contributed by atoms with E-state index in [-0.39, 0.29) is 29.7 Å². The van der Waals surface area contributed by atoms with Crippen molar-refractivity contribution in [1.29, 1.82) is 0 Å². The largest absolute Gasteiger partial charge is 0.481 e. The summed E-state index contributed by atoms with van der Waals surface area (Å²) in [6.45, 7) is 0. The summed E-state index contributed by atoms with van der Waals surface area (Å²) in [5.74, 6) is -2.75. The zero-order chi connectivity index (χ0) is 16.8. The van der Waals surface area contributed by atoms with Gasteiger partial charge in [-0.1, -0.05) is 12.2 Å². The summed E-state index contributed by atoms with van der Waals surface area (Å²) in [4.78, 5) is 36.4. The molecule has 0 aromatic carbocycles. The molecule has 1 aromatic heterocycles. The highest BCUT2D eigenvalue weighted by molar-refractivity contribution is 7.14. The average molecular weight is 346 g/mol. The molecule has 6 nitrogen and oxygen atoms in total. The van der Waals surface area contributed by atoms with Crippen LogP contribution in [0.25, 0.3) is 0 Å². The predicted molar refractivity (Wildman–Crippen MR) is 88.8 cm³/mol. The third kappa shape index (κ3) is 2.62. The molecule has 0 spiro atoms. The normalized spacial score (nSPS) is 30.3. The van der Waals surface area contributed by atoms with Gasteiger partial charge >= 0.3 is 5.97 Å². The Labute approximate surface area is 142 Å². The minimum absolute atomic E-state index is 0.0280. The highest BCUT2D eigenvalue weighted by atomic mass is 32.1. The van der Waals surface area contributed by atoms with Gasteiger partial charge in [0, 0.05) is 6.04 Å². The van der Waals surface area contributed by atoms with Crippen molar-refractivity contribution in [2.45, 2.75) is 25.3 Å². The lowest BCUT2D eigenvalue weighted by Gasteiger charge is -2.23. The minimum Gasteiger partial charge on any atom is -0.481 e. The van der Waals surface area contributed by atoms with Crippen molar-refractivity contribution in [2.24, 2.45) is 23.7 Å². The highest BCUT2D eigenvalue weighted by Crippen LogP contribution is 2.48. The molecule has 2 amide bonds. The van der Waals surface area contributed by atoms with Crippen LogP contribution >= 0.6 is 11.3 Å². The van der Waals surface area contributed by atoms with E-state index >= 15 is 0 Å². The minimum atomic E-state index is -0.926. The lowest BCUT2D eigenvalue weighted by atomic mass is 9.82. The number of thiophene rings is 1. The van der Waals surface area contributed by atoms with Crippen LogP contribution < -0.4 is 10.6 Å². The second kappa shape index (κ2) is 5.73. The predicted octanol–water partition coefficient (Wildman–Crippen LogP) is 2.10. The molecule has 2 bridgehead atoms. The van der Waals surface area contributed by atoms with Gasteiger partial charge in [0.05, 0.1) is 17.4 Å². The van der Waals surface area contributed by atoms with Crippen molar-refractivity contribution >= 4 is 34.1 Å². The molecule has 24 heavy (non-hydrogen) atoms. The van der Waals surface area contributed by atoms with E-state index in [2.05, 4.69) is 10.6 Å². The number of hydrogen-bond acceptors (Lipinski definition) is 4. The molecule has 126 valence electrons. The van der Waals surface area contributed by atoms with Crippen LogP contribution in [0.4, 0.5) is 5.00 Å². The monoisotopic (exact) mass is 346 g/mol. The van der Waals surface area contributed by atoms with Crippen LogP contribution in [0.2, 0.25) is 0 Å². The second-order valence-corrected chi connectivity index (χ2v) is 7.65. The van der Waals surface area contributed by atoms with Gasteiger partial charge in [-0.05, 0) is 42.5 Å². The van der Waals surface area contributed by atoms with Gasteiger partial charge in [-0.2, -0.15) is 0 Å². The number of hydrogen-bond donors (Lipinski definition) is 3. The Kier molecular flexibility index (Phi) is 3.68. The van der Waals surface area contributed by atoms with Crippen LogP contribution in [0.5, 0.6) is 0 Å². The maximum absolute atomic E-state index is 12.7. The Bertz CT molecular complexity index is 737. The number of carbonyl (C=O) groups is 3. The van der Waals surface area contributed by atoms with Crippen molar-refractivity contribution in [1.82, 2.24) is 5.32 Å². The molecule has 2 saturated carbocycles. The first-order chi connectivity index (χ1) is 11.5. The fourth-order valence-electron chi connectivity index (χ4n) is 3.79. The Morgan fingerprint density at radius 2 is 1.83 bits per heavy atom. The topological polar surface area (TPSA) is 95.5 Å². The molecule has 0 aliphatic heterocycles. The third-order valence-electron chi connectivity index (χ3n) is 5.11. The number of allylic oxidation sites excluding steroid dienone is 2. The Balaban J connectivity index is 1.50. The van der Waals surface area contributed by atoms with Gasteiger partial charge in [0.1, 0.15) is 5.00 Å². The number of rotatable bonds is 5. The van der Waals surface area contributed by atoms with Gasteiger partial charge in [0.15, 0.2) is 0 Å². The number of aliphatic carboxylic acids is 1. The van der Waals surface area contributed by atoms with Crippen LogP contribution in [0.3, 0.4) is 0 Å². The summed E-state index contributed by atoms with van der Waals surface area (Å²) in [6.07, 6.45) is 6.57. The molecule has 1 aromatic rings. The van der Waals surface area contributed by atoms with E-state index in [0.29, 0.717) is 17.0 Å². The van der Waals surface area contributed by atoms with Gasteiger partial charge in [0.2, 0.25) is 5.91 Å². The molecule has 1 heterocycles. The number of carboxylic acids is 1. The lowest BCUT2D eigenvalue weighted by Crippen LogP contribution is -2.36. The van der Waals surface area contributed by atoms with Gasteiger partial charge in [-0.25, -0.2) is 0 Å². The van der Waals surface area contributed by atoms with Crippen molar-refractivity contribution < 1.29 is 19.5 Å². The summed E-state index contributed by atoms with van der Waals surface area (Å²) in [7, 11) is 0. The van der Waals surface area contributed by atoms with E-state index in [4.69, 9.17) is 0 Å². The molecule has 2 fully saturated rings. The first-order valence-corrected chi connectivity index (χ1v) is 9.03. The molecule has 7 heteroatoms. The van der Waals surface area contributed by atoms with Crippen LogP contribution in [0, 0.1) is 23.7 Å². The Morgan fingerprint density at radius 3 is 2.50 bits per heavy atom. The third-order valence-corrected chi connectivity index (χ3v) is 5.94. The molecule has 3 N–H and O–H groups in total. The van der Waals surface area contributed by atoms with Crippen molar-refractivity contribution in [3.63, 3.8) is 0 Å². The fraction of sp³-hybridized carbons (Fsp3) is 0.471. The number of amides is 2. The summed E-state index contributed by atoms with van der Waals surface area (Å²) < 4.78 is 0. The lowest BCUT2D eigenvalue weighted by molar-refractivity contribution is -0.146. The molecule has 3 aliphatic carbocycles. The summed E-state index contributed by atoms with van der Waals surface area (Å²) in [6, 6.07) is 1.93.